The number of anilines is 1. The van der Waals surface area contributed by atoms with Gasteiger partial charge in [-0.25, -0.2) is 0 Å². The molecule has 2 aromatic carbocycles. The lowest BCUT2D eigenvalue weighted by molar-refractivity contribution is -0.136. The fraction of sp³-hybridized carbons (Fsp3) is 0.400. The third-order valence-corrected chi connectivity index (χ3v) is 6.15. The standard InChI is InChI=1S/C25H28N4O4/c30-23-9-8-22(24(31)27-23)29-16-20-19(25(29)32)6-3-7-21(20)26-14-17-4-1-2-5-18(17)15-28-10-12-33-13-11-28/h1-7,22,26H,8-16H2,(H,27,30,31)/i1D,2D,3D,4D,5D,6D,7D. The van der Waals surface area contributed by atoms with Gasteiger partial charge in [-0.3, -0.25) is 24.6 Å². The van der Waals surface area contributed by atoms with Crippen LogP contribution in [0.25, 0.3) is 0 Å². The van der Waals surface area contributed by atoms with Crippen LogP contribution in [0, 0.1) is 0 Å². The van der Waals surface area contributed by atoms with Crippen molar-refractivity contribution in [2.45, 2.75) is 38.5 Å². The summed E-state index contributed by atoms with van der Waals surface area (Å²) in [5.74, 6) is -1.69. The molecule has 3 aliphatic heterocycles. The van der Waals surface area contributed by atoms with Crippen molar-refractivity contribution in [3.63, 3.8) is 0 Å². The molecule has 2 saturated heterocycles. The molecule has 3 heterocycles. The van der Waals surface area contributed by atoms with Gasteiger partial charge in [-0.1, -0.05) is 30.2 Å². The first kappa shape index (κ1) is 14.8. The SMILES string of the molecule is [2H]c1c([2H])c([2H])c(CN2CCOCC2)c(CNc2c([2H])c([2H])c([2H])c3c2CN(C2CCC(=O)NC2=O)C3=O)c1[2H]. The lowest BCUT2D eigenvalue weighted by Crippen LogP contribution is -2.52. The molecule has 8 nitrogen and oxygen atoms in total. The Morgan fingerprint density at radius 1 is 1.06 bits per heavy atom. The van der Waals surface area contributed by atoms with E-state index in [4.69, 9.17) is 14.3 Å². The van der Waals surface area contributed by atoms with Crippen molar-refractivity contribution in [1.29, 1.82) is 0 Å². The average molecular weight is 456 g/mol. The summed E-state index contributed by atoms with van der Waals surface area (Å²) in [5.41, 5.74) is 0.934. The van der Waals surface area contributed by atoms with Crippen LogP contribution in [0.1, 0.15) is 49.5 Å². The van der Waals surface area contributed by atoms with Crippen LogP contribution < -0.4 is 10.6 Å². The Kier molecular flexibility index (Phi) is 4.19. The molecule has 2 fully saturated rings. The molecular weight excluding hydrogens is 420 g/mol. The number of piperidine rings is 1. The second-order valence-corrected chi connectivity index (χ2v) is 8.20. The zero-order chi connectivity index (χ0) is 28.9. The molecule has 0 aromatic heterocycles. The molecule has 0 aliphatic carbocycles. The van der Waals surface area contributed by atoms with Gasteiger partial charge in [0.15, 0.2) is 0 Å². The summed E-state index contributed by atoms with van der Waals surface area (Å²) in [4.78, 5) is 40.7. The minimum absolute atomic E-state index is 0.0534. The zero-order valence-corrected chi connectivity index (χ0v) is 18.0. The molecule has 1 unspecified atom stereocenters. The van der Waals surface area contributed by atoms with Crippen LogP contribution in [-0.2, 0) is 34.0 Å². The van der Waals surface area contributed by atoms with E-state index in [9.17, 15) is 14.4 Å². The van der Waals surface area contributed by atoms with E-state index >= 15 is 0 Å². The number of hydrogen-bond donors (Lipinski definition) is 2. The molecule has 2 N–H and O–H groups in total. The normalized spacial score (nSPS) is 24.1. The Bertz CT molecular complexity index is 1430. The number of carbonyl (C=O) groups excluding carboxylic acids is 3. The maximum absolute atomic E-state index is 13.3. The highest BCUT2D eigenvalue weighted by molar-refractivity contribution is 6.06. The highest BCUT2D eigenvalue weighted by Gasteiger charge is 2.39. The third kappa shape index (κ3) is 4.49. The molecule has 33 heavy (non-hydrogen) atoms. The largest absolute Gasteiger partial charge is 0.381 e. The molecule has 3 amide bonds. The Hall–Kier alpha value is -3.23. The molecule has 1 atom stereocenters. The van der Waals surface area contributed by atoms with Gasteiger partial charge in [-0.15, -0.1) is 0 Å². The lowest BCUT2D eigenvalue weighted by atomic mass is 10.0. The predicted octanol–water partition coefficient (Wildman–Crippen LogP) is 1.89. The Morgan fingerprint density at radius 3 is 2.64 bits per heavy atom. The van der Waals surface area contributed by atoms with E-state index in [1.807, 2.05) is 4.90 Å². The van der Waals surface area contributed by atoms with E-state index in [0.29, 0.717) is 37.4 Å². The number of amides is 3. The number of morpholine rings is 1. The molecule has 0 saturated carbocycles. The number of carbonyl (C=O) groups is 3. The first-order valence-corrected chi connectivity index (χ1v) is 10.9. The van der Waals surface area contributed by atoms with Crippen molar-refractivity contribution in [3.05, 3.63) is 64.6 Å². The number of rotatable bonds is 6. The number of benzene rings is 2. The molecule has 2 aromatic rings. The highest BCUT2D eigenvalue weighted by atomic mass is 16.5. The first-order valence-electron chi connectivity index (χ1n) is 14.4. The summed E-state index contributed by atoms with van der Waals surface area (Å²) in [6.45, 7) is 2.25. The first-order chi connectivity index (χ1) is 19.0. The molecule has 0 radical (unpaired) electrons. The number of hydrogen-bond acceptors (Lipinski definition) is 6. The number of nitrogens with zero attached hydrogens (tertiary/aromatic N) is 2. The summed E-state index contributed by atoms with van der Waals surface area (Å²) < 4.78 is 64.0. The van der Waals surface area contributed by atoms with Gasteiger partial charge in [0, 0.05) is 56.0 Å². The monoisotopic (exact) mass is 455 g/mol. The third-order valence-electron chi connectivity index (χ3n) is 6.15. The van der Waals surface area contributed by atoms with Gasteiger partial charge in [0.1, 0.15) is 6.04 Å². The van der Waals surface area contributed by atoms with Gasteiger partial charge < -0.3 is 15.0 Å². The average Bonchev–Trinajstić information content (AvgIpc) is 3.27. The minimum Gasteiger partial charge on any atom is -0.381 e. The molecule has 0 bridgehead atoms. The molecule has 8 heteroatoms. The van der Waals surface area contributed by atoms with Crippen LogP contribution in [0.5, 0.6) is 0 Å². The van der Waals surface area contributed by atoms with E-state index < -0.39 is 41.9 Å². The summed E-state index contributed by atoms with van der Waals surface area (Å²) in [6, 6.07) is -3.33. The fourth-order valence-corrected chi connectivity index (χ4v) is 4.35. The number of fused-ring (bicyclic) bond motifs is 1. The second kappa shape index (κ2) is 9.33. The van der Waals surface area contributed by atoms with E-state index in [-0.39, 0.29) is 73.5 Å². The summed E-state index contributed by atoms with van der Waals surface area (Å²) in [5, 5.41) is 5.26. The van der Waals surface area contributed by atoms with Crippen molar-refractivity contribution in [2.24, 2.45) is 0 Å². The fourth-order valence-electron chi connectivity index (χ4n) is 4.35. The van der Waals surface area contributed by atoms with Gasteiger partial charge in [-0.05, 0) is 29.6 Å². The van der Waals surface area contributed by atoms with E-state index in [1.165, 1.54) is 4.90 Å². The summed E-state index contributed by atoms with van der Waals surface area (Å²) in [6.07, 6.45) is 0.172. The Balaban J connectivity index is 1.50. The van der Waals surface area contributed by atoms with Crippen LogP contribution in [-0.4, -0.2) is 59.9 Å². The van der Waals surface area contributed by atoms with Crippen LogP contribution >= 0.6 is 0 Å². The maximum Gasteiger partial charge on any atom is 0.255 e. The van der Waals surface area contributed by atoms with Gasteiger partial charge in [0.25, 0.3) is 5.91 Å². The topological polar surface area (TPSA) is 91.0 Å². The zero-order valence-electron chi connectivity index (χ0n) is 25.0. The Labute approximate surface area is 202 Å². The molecule has 172 valence electrons. The maximum atomic E-state index is 13.3. The molecular formula is C25H28N4O4. The molecule has 0 spiro atoms. The van der Waals surface area contributed by atoms with E-state index in [0.717, 1.165) is 0 Å². The molecule has 5 rings (SSSR count). The number of imide groups is 1. The predicted molar refractivity (Wildman–Crippen MR) is 122 cm³/mol. The van der Waals surface area contributed by atoms with Crippen molar-refractivity contribution in [2.75, 3.05) is 31.6 Å². The van der Waals surface area contributed by atoms with E-state index in [2.05, 4.69) is 10.6 Å². The number of ether oxygens (including phenoxy) is 1. The number of nitrogens with one attached hydrogen (secondary N) is 2. The second-order valence-electron chi connectivity index (χ2n) is 8.20. The van der Waals surface area contributed by atoms with Crippen LogP contribution in [0.4, 0.5) is 5.69 Å². The van der Waals surface area contributed by atoms with Crippen LogP contribution in [0.3, 0.4) is 0 Å². The van der Waals surface area contributed by atoms with Gasteiger partial charge >= 0.3 is 0 Å². The highest BCUT2D eigenvalue weighted by Crippen LogP contribution is 2.32. The van der Waals surface area contributed by atoms with E-state index in [1.54, 1.807) is 0 Å². The van der Waals surface area contributed by atoms with Gasteiger partial charge in [0.05, 0.1) is 22.8 Å². The summed E-state index contributed by atoms with van der Waals surface area (Å²) >= 11 is 0. The van der Waals surface area contributed by atoms with Crippen molar-refractivity contribution in [1.82, 2.24) is 15.1 Å². The minimum atomic E-state index is -0.936. The van der Waals surface area contributed by atoms with Crippen molar-refractivity contribution < 1.29 is 28.7 Å². The van der Waals surface area contributed by atoms with Crippen molar-refractivity contribution in [3.8, 4) is 0 Å². The van der Waals surface area contributed by atoms with Gasteiger partial charge in [-0.2, -0.15) is 0 Å². The van der Waals surface area contributed by atoms with Crippen LogP contribution in [0.15, 0.2) is 42.3 Å². The van der Waals surface area contributed by atoms with Crippen molar-refractivity contribution >= 4 is 23.4 Å². The van der Waals surface area contributed by atoms with Crippen LogP contribution in [0.2, 0.25) is 0 Å². The lowest BCUT2D eigenvalue weighted by Gasteiger charge is -2.29. The quantitative estimate of drug-likeness (QED) is 0.647. The summed E-state index contributed by atoms with van der Waals surface area (Å²) in [7, 11) is 0. The van der Waals surface area contributed by atoms with Gasteiger partial charge in [0.2, 0.25) is 11.8 Å². The smallest absolute Gasteiger partial charge is 0.255 e. The Morgan fingerprint density at radius 2 is 1.85 bits per heavy atom. The molecule has 3 aliphatic rings.